The molecule has 7 heteroatoms. The van der Waals surface area contributed by atoms with Crippen LogP contribution in [0, 0.1) is 13.8 Å². The second-order valence-electron chi connectivity index (χ2n) is 8.43. The van der Waals surface area contributed by atoms with Gasteiger partial charge in [0.1, 0.15) is 11.5 Å². The quantitative estimate of drug-likeness (QED) is 0.333. The van der Waals surface area contributed by atoms with Crippen LogP contribution in [0.4, 0.5) is 5.69 Å². The van der Waals surface area contributed by atoms with Gasteiger partial charge in [0.15, 0.2) is 5.11 Å². The highest BCUT2D eigenvalue weighted by atomic mass is 32.1. The highest BCUT2D eigenvalue weighted by Gasteiger charge is 2.16. The molecule has 0 atom stereocenters. The standard InChI is InChI=1S/C28H29N3O3S/c1-18-9-12-21-15-22(27(32)30-26(21)19(18)2)17-31(16-20-10-13-23(33-3)14-11-20)28(35)29-24-7-5-6-8-25(24)34-4/h5-15H,16-17H2,1-4H3,(H,29,35)(H,30,32). The molecule has 2 N–H and O–H groups in total. The first-order valence-corrected chi connectivity index (χ1v) is 11.7. The highest BCUT2D eigenvalue weighted by Crippen LogP contribution is 2.25. The Kier molecular flexibility index (Phi) is 7.36. The molecule has 0 radical (unpaired) electrons. The van der Waals surface area contributed by atoms with Crippen LogP contribution in [0.5, 0.6) is 11.5 Å². The van der Waals surface area contributed by atoms with Gasteiger partial charge >= 0.3 is 0 Å². The summed E-state index contributed by atoms with van der Waals surface area (Å²) in [5.41, 5.74) is 5.41. The van der Waals surface area contributed by atoms with Crippen LogP contribution in [-0.4, -0.2) is 29.2 Å². The van der Waals surface area contributed by atoms with E-state index in [1.165, 1.54) is 0 Å². The zero-order chi connectivity index (χ0) is 24.9. The first-order valence-electron chi connectivity index (χ1n) is 11.3. The van der Waals surface area contributed by atoms with Crippen molar-refractivity contribution >= 4 is 33.9 Å². The van der Waals surface area contributed by atoms with E-state index in [-0.39, 0.29) is 5.56 Å². The minimum atomic E-state index is -0.119. The van der Waals surface area contributed by atoms with E-state index >= 15 is 0 Å². The third-order valence-corrected chi connectivity index (χ3v) is 6.52. The molecule has 6 nitrogen and oxygen atoms in total. The number of thiocarbonyl (C=S) groups is 1. The lowest BCUT2D eigenvalue weighted by Crippen LogP contribution is -2.35. The molecule has 4 rings (SSSR count). The van der Waals surface area contributed by atoms with Crippen molar-refractivity contribution in [1.82, 2.24) is 9.88 Å². The fourth-order valence-electron chi connectivity index (χ4n) is 3.99. The average Bonchev–Trinajstić information content (AvgIpc) is 2.87. The number of rotatable bonds is 7. The van der Waals surface area contributed by atoms with E-state index < -0.39 is 0 Å². The Morgan fingerprint density at radius 2 is 1.71 bits per heavy atom. The largest absolute Gasteiger partial charge is 0.497 e. The Morgan fingerprint density at radius 3 is 2.43 bits per heavy atom. The predicted molar refractivity (Wildman–Crippen MR) is 145 cm³/mol. The number of hydrogen-bond acceptors (Lipinski definition) is 4. The Hall–Kier alpha value is -3.84. The fourth-order valence-corrected chi connectivity index (χ4v) is 4.23. The SMILES string of the molecule is COc1ccc(CN(Cc2cc3ccc(C)c(C)c3[nH]c2=O)C(=S)Nc2ccccc2OC)cc1. The first-order chi connectivity index (χ1) is 16.9. The monoisotopic (exact) mass is 487 g/mol. The number of aromatic nitrogens is 1. The molecule has 1 heterocycles. The maximum atomic E-state index is 13.1. The second-order valence-corrected chi connectivity index (χ2v) is 8.82. The Labute approximate surface area is 210 Å². The molecular formula is C28H29N3O3S. The van der Waals surface area contributed by atoms with Crippen molar-refractivity contribution in [3.63, 3.8) is 0 Å². The van der Waals surface area contributed by atoms with Crippen LogP contribution in [0.3, 0.4) is 0 Å². The van der Waals surface area contributed by atoms with Crippen molar-refractivity contribution in [2.45, 2.75) is 26.9 Å². The molecule has 0 bridgehead atoms. The number of ether oxygens (including phenoxy) is 2. The molecule has 3 aromatic carbocycles. The molecule has 0 fully saturated rings. The molecule has 0 aliphatic rings. The van der Waals surface area contributed by atoms with Crippen LogP contribution in [0.15, 0.2) is 71.5 Å². The summed E-state index contributed by atoms with van der Waals surface area (Å²) in [7, 11) is 3.26. The van der Waals surface area contributed by atoms with Gasteiger partial charge in [-0.05, 0) is 78.5 Å². The van der Waals surface area contributed by atoms with Crippen molar-refractivity contribution < 1.29 is 9.47 Å². The molecule has 0 aliphatic carbocycles. The van der Waals surface area contributed by atoms with Crippen LogP contribution in [0.1, 0.15) is 22.3 Å². The smallest absolute Gasteiger partial charge is 0.253 e. The summed E-state index contributed by atoms with van der Waals surface area (Å²) in [5, 5.41) is 4.78. The summed E-state index contributed by atoms with van der Waals surface area (Å²) < 4.78 is 10.8. The van der Waals surface area contributed by atoms with Gasteiger partial charge in [-0.25, -0.2) is 0 Å². The number of H-pyrrole nitrogens is 1. The van der Waals surface area contributed by atoms with Crippen molar-refractivity contribution in [3.05, 3.63) is 99.3 Å². The Morgan fingerprint density at radius 1 is 0.971 bits per heavy atom. The Bertz CT molecular complexity index is 1410. The normalized spacial score (nSPS) is 10.7. The zero-order valence-corrected chi connectivity index (χ0v) is 21.2. The number of aromatic amines is 1. The molecule has 0 unspecified atom stereocenters. The van der Waals surface area contributed by atoms with Crippen molar-refractivity contribution in [3.8, 4) is 11.5 Å². The van der Waals surface area contributed by atoms with Gasteiger partial charge < -0.3 is 24.7 Å². The maximum absolute atomic E-state index is 13.1. The van der Waals surface area contributed by atoms with Gasteiger partial charge in [0.2, 0.25) is 0 Å². The number of benzene rings is 3. The van der Waals surface area contributed by atoms with Crippen LogP contribution >= 0.6 is 12.2 Å². The second kappa shape index (κ2) is 10.6. The van der Waals surface area contributed by atoms with E-state index in [2.05, 4.69) is 16.4 Å². The lowest BCUT2D eigenvalue weighted by molar-refractivity contribution is 0.404. The summed E-state index contributed by atoms with van der Waals surface area (Å²) in [5.74, 6) is 1.47. The molecule has 0 saturated carbocycles. The van der Waals surface area contributed by atoms with E-state index in [0.717, 1.165) is 39.0 Å². The summed E-state index contributed by atoms with van der Waals surface area (Å²) in [6.45, 7) is 4.91. The van der Waals surface area contributed by atoms with Gasteiger partial charge in [-0.1, -0.05) is 36.4 Å². The van der Waals surface area contributed by atoms with Gasteiger partial charge in [-0.3, -0.25) is 4.79 Å². The predicted octanol–water partition coefficient (Wildman–Crippen LogP) is 5.56. The Balaban J connectivity index is 1.68. The molecule has 35 heavy (non-hydrogen) atoms. The number of nitrogens with one attached hydrogen (secondary N) is 2. The molecule has 4 aromatic rings. The first kappa shape index (κ1) is 24.3. The van der Waals surface area contributed by atoms with Gasteiger partial charge in [0.25, 0.3) is 5.56 Å². The average molecular weight is 488 g/mol. The molecule has 180 valence electrons. The highest BCUT2D eigenvalue weighted by molar-refractivity contribution is 7.80. The number of fused-ring (bicyclic) bond motifs is 1. The van der Waals surface area contributed by atoms with Crippen LogP contribution in [0.25, 0.3) is 10.9 Å². The summed E-state index contributed by atoms with van der Waals surface area (Å²) in [6, 6.07) is 21.5. The topological polar surface area (TPSA) is 66.6 Å². The van der Waals surface area contributed by atoms with Crippen molar-refractivity contribution in [2.75, 3.05) is 19.5 Å². The number of methoxy groups -OCH3 is 2. The molecule has 1 aromatic heterocycles. The van der Waals surface area contributed by atoms with Gasteiger partial charge in [0, 0.05) is 12.1 Å². The van der Waals surface area contributed by atoms with E-state index in [0.29, 0.717) is 29.5 Å². The summed E-state index contributed by atoms with van der Waals surface area (Å²) in [6.07, 6.45) is 0. The molecular weight excluding hydrogens is 458 g/mol. The minimum Gasteiger partial charge on any atom is -0.497 e. The van der Waals surface area contributed by atoms with Gasteiger partial charge in [-0.2, -0.15) is 0 Å². The summed E-state index contributed by atoms with van der Waals surface area (Å²) in [4.78, 5) is 18.1. The minimum absolute atomic E-state index is 0.119. The van der Waals surface area contributed by atoms with E-state index in [1.807, 2.05) is 79.4 Å². The van der Waals surface area contributed by atoms with Crippen LogP contribution < -0.4 is 20.3 Å². The number of pyridine rings is 1. The zero-order valence-electron chi connectivity index (χ0n) is 20.3. The number of nitrogens with zero attached hydrogens (tertiary/aromatic N) is 1. The molecule has 0 spiro atoms. The number of para-hydroxylation sites is 2. The van der Waals surface area contributed by atoms with E-state index in [9.17, 15) is 4.79 Å². The van der Waals surface area contributed by atoms with E-state index in [1.54, 1.807) is 14.2 Å². The van der Waals surface area contributed by atoms with Gasteiger partial charge in [0.05, 0.1) is 32.0 Å². The number of aryl methyl sites for hydroxylation is 2. The molecule has 0 saturated heterocycles. The number of hydrogen-bond donors (Lipinski definition) is 2. The van der Waals surface area contributed by atoms with Crippen molar-refractivity contribution in [2.24, 2.45) is 0 Å². The van der Waals surface area contributed by atoms with Gasteiger partial charge in [-0.15, -0.1) is 0 Å². The third kappa shape index (κ3) is 5.46. The van der Waals surface area contributed by atoms with Crippen LogP contribution in [0.2, 0.25) is 0 Å². The molecule has 0 aliphatic heterocycles. The summed E-state index contributed by atoms with van der Waals surface area (Å²) >= 11 is 5.81. The van der Waals surface area contributed by atoms with E-state index in [4.69, 9.17) is 21.7 Å². The number of anilines is 1. The lowest BCUT2D eigenvalue weighted by Gasteiger charge is -2.26. The third-order valence-electron chi connectivity index (χ3n) is 6.16. The lowest BCUT2D eigenvalue weighted by atomic mass is 10.0. The van der Waals surface area contributed by atoms with Crippen LogP contribution in [-0.2, 0) is 13.1 Å². The fraction of sp³-hybridized carbons (Fsp3) is 0.214. The van der Waals surface area contributed by atoms with Crippen molar-refractivity contribution in [1.29, 1.82) is 0 Å². The molecule has 0 amide bonds. The maximum Gasteiger partial charge on any atom is 0.253 e.